The molecule has 0 saturated carbocycles. The van der Waals surface area contributed by atoms with Crippen molar-refractivity contribution < 1.29 is 12.6 Å². The highest BCUT2D eigenvalue weighted by Crippen LogP contribution is 2.04. The van der Waals surface area contributed by atoms with Gasteiger partial charge in [0.25, 0.3) is 10.1 Å². The fourth-order valence-electron chi connectivity index (χ4n) is 1.02. The lowest BCUT2D eigenvalue weighted by atomic mass is 10.1. The summed E-state index contributed by atoms with van der Waals surface area (Å²) in [6.45, 7) is 5.22. The standard InChI is InChI=1S/C11H18O3S/c1-3-5-6-7-8-9-10-11-14-15(12,13)4-2/h4H,2,6-11H2,1H3. The van der Waals surface area contributed by atoms with E-state index in [4.69, 9.17) is 0 Å². The van der Waals surface area contributed by atoms with Crippen LogP contribution in [0.3, 0.4) is 0 Å². The molecular weight excluding hydrogens is 212 g/mol. The maximum atomic E-state index is 10.8. The van der Waals surface area contributed by atoms with Crippen molar-refractivity contribution in [2.75, 3.05) is 6.61 Å². The van der Waals surface area contributed by atoms with Gasteiger partial charge in [0.05, 0.1) is 12.0 Å². The van der Waals surface area contributed by atoms with Crippen LogP contribution in [0.5, 0.6) is 0 Å². The van der Waals surface area contributed by atoms with Gasteiger partial charge in [0, 0.05) is 6.42 Å². The van der Waals surface area contributed by atoms with E-state index in [2.05, 4.69) is 22.6 Å². The van der Waals surface area contributed by atoms with Crippen LogP contribution in [0, 0.1) is 11.8 Å². The lowest BCUT2D eigenvalue weighted by Gasteiger charge is -2.00. The minimum atomic E-state index is -3.48. The highest BCUT2D eigenvalue weighted by atomic mass is 32.2. The Hall–Kier alpha value is -0.790. The average molecular weight is 230 g/mol. The third-order valence-electron chi connectivity index (χ3n) is 1.82. The molecule has 0 unspecified atom stereocenters. The summed E-state index contributed by atoms with van der Waals surface area (Å²) in [6, 6.07) is 0. The van der Waals surface area contributed by atoms with Gasteiger partial charge >= 0.3 is 0 Å². The lowest BCUT2D eigenvalue weighted by Crippen LogP contribution is -2.02. The zero-order valence-electron chi connectivity index (χ0n) is 9.16. The fraction of sp³-hybridized carbons (Fsp3) is 0.636. The van der Waals surface area contributed by atoms with Crippen molar-refractivity contribution in [3.63, 3.8) is 0 Å². The number of hydrogen-bond donors (Lipinski definition) is 0. The fourth-order valence-corrected chi connectivity index (χ4v) is 1.46. The second-order valence-electron chi connectivity index (χ2n) is 3.07. The minimum Gasteiger partial charge on any atom is -0.267 e. The van der Waals surface area contributed by atoms with Crippen LogP contribution >= 0.6 is 0 Å². The maximum Gasteiger partial charge on any atom is 0.289 e. The first-order valence-electron chi connectivity index (χ1n) is 5.04. The Bertz CT molecular complexity index is 319. The molecule has 0 bridgehead atoms. The summed E-state index contributed by atoms with van der Waals surface area (Å²) >= 11 is 0. The molecule has 3 nitrogen and oxygen atoms in total. The number of hydrogen-bond acceptors (Lipinski definition) is 3. The van der Waals surface area contributed by atoms with E-state index in [1.165, 1.54) is 0 Å². The molecule has 0 radical (unpaired) electrons. The molecule has 0 aromatic heterocycles. The third-order valence-corrected chi connectivity index (χ3v) is 2.73. The molecule has 0 atom stereocenters. The third kappa shape index (κ3) is 9.51. The Balaban J connectivity index is 3.32. The van der Waals surface area contributed by atoms with Gasteiger partial charge in [-0.2, -0.15) is 8.42 Å². The second kappa shape index (κ2) is 8.51. The first-order chi connectivity index (χ1) is 7.12. The van der Waals surface area contributed by atoms with Crippen LogP contribution < -0.4 is 0 Å². The molecule has 0 spiro atoms. The predicted molar refractivity (Wildman–Crippen MR) is 61.6 cm³/mol. The van der Waals surface area contributed by atoms with E-state index in [-0.39, 0.29) is 6.61 Å². The molecular formula is C11H18O3S. The van der Waals surface area contributed by atoms with Gasteiger partial charge in [0.15, 0.2) is 0 Å². The van der Waals surface area contributed by atoms with Crippen LogP contribution in [0.1, 0.15) is 39.0 Å². The van der Waals surface area contributed by atoms with Gasteiger partial charge in [-0.1, -0.05) is 19.4 Å². The van der Waals surface area contributed by atoms with Gasteiger partial charge in [0.2, 0.25) is 0 Å². The average Bonchev–Trinajstić information content (AvgIpc) is 2.22. The molecule has 0 heterocycles. The SMILES string of the molecule is C=CS(=O)(=O)OCCCCCCC#CC. The van der Waals surface area contributed by atoms with Crippen LogP contribution in [0.25, 0.3) is 0 Å². The highest BCUT2D eigenvalue weighted by molar-refractivity contribution is 7.89. The van der Waals surface area contributed by atoms with Crippen LogP contribution in [0.4, 0.5) is 0 Å². The molecule has 0 aromatic rings. The molecule has 0 aromatic carbocycles. The van der Waals surface area contributed by atoms with E-state index in [0.717, 1.165) is 37.5 Å². The van der Waals surface area contributed by atoms with Crippen molar-refractivity contribution in [1.82, 2.24) is 0 Å². The van der Waals surface area contributed by atoms with E-state index in [9.17, 15) is 8.42 Å². The molecule has 0 aliphatic heterocycles. The Morgan fingerprint density at radius 3 is 2.53 bits per heavy atom. The maximum absolute atomic E-state index is 10.8. The molecule has 0 aliphatic carbocycles. The lowest BCUT2D eigenvalue weighted by molar-refractivity contribution is 0.312. The van der Waals surface area contributed by atoms with E-state index < -0.39 is 10.1 Å². The molecule has 15 heavy (non-hydrogen) atoms. The Morgan fingerprint density at radius 1 is 1.27 bits per heavy atom. The van der Waals surface area contributed by atoms with Gasteiger partial charge in [-0.3, -0.25) is 4.18 Å². The Morgan fingerprint density at radius 2 is 1.93 bits per heavy atom. The summed E-state index contributed by atoms with van der Waals surface area (Å²) < 4.78 is 26.3. The summed E-state index contributed by atoms with van der Waals surface area (Å²) in [6.07, 6.45) is 4.77. The molecule has 86 valence electrons. The van der Waals surface area contributed by atoms with Crippen molar-refractivity contribution >= 4 is 10.1 Å². The molecule has 4 heteroatoms. The molecule has 0 N–H and O–H groups in total. The van der Waals surface area contributed by atoms with Gasteiger partial charge in [-0.15, -0.1) is 11.8 Å². The van der Waals surface area contributed by atoms with E-state index in [1.807, 2.05) is 6.92 Å². The van der Waals surface area contributed by atoms with Gasteiger partial charge < -0.3 is 0 Å². The topological polar surface area (TPSA) is 43.4 Å². The van der Waals surface area contributed by atoms with Crippen molar-refractivity contribution in [2.24, 2.45) is 0 Å². The zero-order valence-corrected chi connectivity index (χ0v) is 9.98. The summed E-state index contributed by atoms with van der Waals surface area (Å²) in [5.41, 5.74) is 0. The zero-order chi connectivity index (χ0) is 11.6. The summed E-state index contributed by atoms with van der Waals surface area (Å²) in [5, 5.41) is 0.823. The smallest absolute Gasteiger partial charge is 0.267 e. The largest absolute Gasteiger partial charge is 0.289 e. The van der Waals surface area contributed by atoms with Crippen LogP contribution in [-0.2, 0) is 14.3 Å². The van der Waals surface area contributed by atoms with Gasteiger partial charge in [-0.05, 0) is 19.8 Å². The highest BCUT2D eigenvalue weighted by Gasteiger charge is 2.02. The normalized spacial score (nSPS) is 10.5. The first kappa shape index (κ1) is 14.2. The first-order valence-corrected chi connectivity index (χ1v) is 6.51. The number of unbranched alkanes of at least 4 members (excludes halogenated alkanes) is 4. The molecule has 0 fully saturated rings. The van der Waals surface area contributed by atoms with Crippen LogP contribution in [-0.4, -0.2) is 15.0 Å². The van der Waals surface area contributed by atoms with Gasteiger partial charge in [-0.25, -0.2) is 0 Å². The predicted octanol–water partition coefficient (Wildman–Crippen LogP) is 2.45. The van der Waals surface area contributed by atoms with Crippen molar-refractivity contribution in [3.8, 4) is 11.8 Å². The Kier molecular flexibility index (Phi) is 8.06. The van der Waals surface area contributed by atoms with E-state index in [0.29, 0.717) is 0 Å². The van der Waals surface area contributed by atoms with Crippen molar-refractivity contribution in [2.45, 2.75) is 39.0 Å². The van der Waals surface area contributed by atoms with Crippen LogP contribution in [0.15, 0.2) is 12.0 Å². The quantitative estimate of drug-likeness (QED) is 0.365. The monoisotopic (exact) mass is 230 g/mol. The minimum absolute atomic E-state index is 0.244. The molecule has 0 amide bonds. The second-order valence-corrected chi connectivity index (χ2v) is 4.63. The van der Waals surface area contributed by atoms with Crippen LogP contribution in [0.2, 0.25) is 0 Å². The number of rotatable bonds is 8. The van der Waals surface area contributed by atoms with E-state index >= 15 is 0 Å². The summed E-state index contributed by atoms with van der Waals surface area (Å²) in [5.74, 6) is 5.81. The summed E-state index contributed by atoms with van der Waals surface area (Å²) in [4.78, 5) is 0. The molecule has 0 rings (SSSR count). The van der Waals surface area contributed by atoms with E-state index in [1.54, 1.807) is 0 Å². The molecule has 0 saturated heterocycles. The Labute approximate surface area is 92.6 Å². The summed E-state index contributed by atoms with van der Waals surface area (Å²) in [7, 11) is -3.48. The van der Waals surface area contributed by atoms with Crippen molar-refractivity contribution in [1.29, 1.82) is 0 Å². The van der Waals surface area contributed by atoms with Crippen molar-refractivity contribution in [3.05, 3.63) is 12.0 Å². The van der Waals surface area contributed by atoms with Gasteiger partial charge in [0.1, 0.15) is 0 Å². The molecule has 0 aliphatic rings.